The van der Waals surface area contributed by atoms with E-state index in [9.17, 15) is 13.6 Å². The molecular formula is C13H14F2N6O2S. The molecule has 128 valence electrons. The molecule has 0 aliphatic heterocycles. The first kappa shape index (κ1) is 17.7. The van der Waals surface area contributed by atoms with E-state index >= 15 is 0 Å². The average molecular weight is 356 g/mol. The highest BCUT2D eigenvalue weighted by molar-refractivity contribution is 8.00. The molecule has 1 aromatic carbocycles. The van der Waals surface area contributed by atoms with E-state index in [0.717, 1.165) is 11.8 Å². The second kappa shape index (κ2) is 7.73. The number of benzene rings is 1. The molecule has 1 aromatic heterocycles. The number of hydrogen-bond donors (Lipinski definition) is 3. The van der Waals surface area contributed by atoms with Gasteiger partial charge in [-0.25, -0.2) is 0 Å². The van der Waals surface area contributed by atoms with E-state index in [1.54, 1.807) is 6.92 Å². The lowest BCUT2D eigenvalue weighted by molar-refractivity contribution is -0.115. The number of thioether (sulfide) groups is 1. The lowest BCUT2D eigenvalue weighted by atomic mass is 10.3. The molecular weight excluding hydrogens is 342 g/mol. The van der Waals surface area contributed by atoms with Gasteiger partial charge in [-0.1, -0.05) is 11.8 Å². The van der Waals surface area contributed by atoms with Gasteiger partial charge < -0.3 is 21.5 Å². The largest absolute Gasteiger partial charge is 0.435 e. The van der Waals surface area contributed by atoms with Crippen molar-refractivity contribution < 1.29 is 18.3 Å². The number of aromatic nitrogens is 3. The van der Waals surface area contributed by atoms with Gasteiger partial charge >= 0.3 is 6.61 Å². The van der Waals surface area contributed by atoms with Gasteiger partial charge in [-0.3, -0.25) is 4.79 Å². The predicted octanol–water partition coefficient (Wildman–Crippen LogP) is 1.76. The molecule has 1 heterocycles. The smallest absolute Gasteiger partial charge is 0.387 e. The Morgan fingerprint density at radius 1 is 1.17 bits per heavy atom. The third kappa shape index (κ3) is 5.19. The molecule has 0 fully saturated rings. The third-order valence-corrected chi connectivity index (χ3v) is 3.61. The minimum atomic E-state index is -2.90. The summed E-state index contributed by atoms with van der Waals surface area (Å²) in [5.74, 6) is -0.402. The summed E-state index contributed by atoms with van der Waals surface area (Å²) in [6.45, 7) is -1.26. The van der Waals surface area contributed by atoms with E-state index in [0.29, 0.717) is 5.69 Å². The molecule has 0 aliphatic rings. The number of alkyl halides is 2. The summed E-state index contributed by atoms with van der Waals surface area (Å²) in [6, 6.07) is 5.55. The van der Waals surface area contributed by atoms with Gasteiger partial charge in [0.25, 0.3) is 0 Å². The Kier molecular flexibility index (Phi) is 5.68. The van der Waals surface area contributed by atoms with Crippen molar-refractivity contribution in [2.75, 3.05) is 16.8 Å². The van der Waals surface area contributed by atoms with Crippen LogP contribution in [0.5, 0.6) is 5.75 Å². The lowest BCUT2D eigenvalue weighted by Gasteiger charge is -2.12. The molecule has 11 heteroatoms. The number of anilines is 3. The molecule has 0 aliphatic carbocycles. The van der Waals surface area contributed by atoms with Crippen molar-refractivity contribution in [3.8, 4) is 5.75 Å². The summed E-state index contributed by atoms with van der Waals surface area (Å²) in [5.41, 5.74) is 11.4. The van der Waals surface area contributed by atoms with E-state index < -0.39 is 11.9 Å². The minimum absolute atomic E-state index is 0.00144. The third-order valence-electron chi connectivity index (χ3n) is 2.65. The van der Waals surface area contributed by atoms with Crippen LogP contribution >= 0.6 is 11.8 Å². The number of ether oxygens (including phenoxy) is 1. The number of hydrogen-bond acceptors (Lipinski definition) is 8. The van der Waals surface area contributed by atoms with Crippen molar-refractivity contribution in [1.82, 2.24) is 15.0 Å². The van der Waals surface area contributed by atoms with E-state index in [1.807, 2.05) is 0 Å². The number of halogens is 2. The van der Waals surface area contributed by atoms with Gasteiger partial charge in [0.15, 0.2) is 5.16 Å². The molecule has 0 spiro atoms. The summed E-state index contributed by atoms with van der Waals surface area (Å²) >= 11 is 1.05. The van der Waals surface area contributed by atoms with Crippen LogP contribution in [0, 0.1) is 0 Å². The highest BCUT2D eigenvalue weighted by Gasteiger charge is 2.17. The number of amides is 1. The van der Waals surface area contributed by atoms with Gasteiger partial charge in [0.05, 0.1) is 5.25 Å². The Labute approximate surface area is 140 Å². The van der Waals surface area contributed by atoms with Crippen molar-refractivity contribution in [1.29, 1.82) is 0 Å². The molecule has 0 unspecified atom stereocenters. The quantitative estimate of drug-likeness (QED) is 0.668. The maximum absolute atomic E-state index is 12.1. The predicted molar refractivity (Wildman–Crippen MR) is 85.7 cm³/mol. The molecule has 1 atom stereocenters. The van der Waals surface area contributed by atoms with Crippen LogP contribution in [-0.4, -0.2) is 32.7 Å². The lowest BCUT2D eigenvalue weighted by Crippen LogP contribution is -2.22. The number of rotatable bonds is 6. The summed E-state index contributed by atoms with van der Waals surface area (Å²) in [7, 11) is 0. The summed E-state index contributed by atoms with van der Waals surface area (Å²) in [6.07, 6.45) is 0. The Bertz CT molecular complexity index is 696. The number of nitrogens with zero attached hydrogens (tertiary/aromatic N) is 3. The van der Waals surface area contributed by atoms with E-state index in [-0.39, 0.29) is 28.7 Å². The first-order chi connectivity index (χ1) is 11.3. The number of nitrogen functional groups attached to an aromatic ring is 2. The summed E-state index contributed by atoms with van der Waals surface area (Å²) in [5, 5.41) is 2.31. The SMILES string of the molecule is C[C@H](Sc1nc(N)nc(N)n1)C(=O)Nc1ccc(OC(F)F)cc1. The highest BCUT2D eigenvalue weighted by Crippen LogP contribution is 2.23. The maximum Gasteiger partial charge on any atom is 0.387 e. The standard InChI is InChI=1S/C13H14F2N6O2S/c1-6(24-13-20-11(16)19-12(17)21-13)9(22)18-7-2-4-8(5-3-7)23-10(14)15/h2-6,10H,1H3,(H,18,22)(H4,16,17,19,20,21)/t6-/m0/s1. The molecule has 5 N–H and O–H groups in total. The Morgan fingerprint density at radius 2 is 1.75 bits per heavy atom. The van der Waals surface area contributed by atoms with Gasteiger partial charge in [0.2, 0.25) is 17.8 Å². The fourth-order valence-corrected chi connectivity index (χ4v) is 2.39. The Balaban J connectivity index is 1.95. The summed E-state index contributed by atoms with van der Waals surface area (Å²) in [4.78, 5) is 23.5. The van der Waals surface area contributed by atoms with Crippen molar-refractivity contribution in [3.63, 3.8) is 0 Å². The number of carbonyl (C=O) groups is 1. The summed E-state index contributed by atoms with van der Waals surface area (Å²) < 4.78 is 28.4. The van der Waals surface area contributed by atoms with Crippen LogP contribution in [0.4, 0.5) is 26.4 Å². The first-order valence-electron chi connectivity index (χ1n) is 6.63. The van der Waals surface area contributed by atoms with E-state index in [2.05, 4.69) is 25.0 Å². The molecule has 0 bridgehead atoms. The van der Waals surface area contributed by atoms with Crippen LogP contribution in [-0.2, 0) is 4.79 Å². The molecule has 2 rings (SSSR count). The number of nitrogens with one attached hydrogen (secondary N) is 1. The van der Waals surface area contributed by atoms with Crippen molar-refractivity contribution in [3.05, 3.63) is 24.3 Å². The number of carbonyl (C=O) groups excluding carboxylic acids is 1. The molecule has 24 heavy (non-hydrogen) atoms. The average Bonchev–Trinajstić information content (AvgIpc) is 2.47. The van der Waals surface area contributed by atoms with Gasteiger partial charge in [0, 0.05) is 5.69 Å². The molecule has 8 nitrogen and oxygen atoms in total. The molecule has 1 amide bonds. The molecule has 0 saturated carbocycles. The van der Waals surface area contributed by atoms with Crippen LogP contribution in [0.25, 0.3) is 0 Å². The first-order valence-corrected chi connectivity index (χ1v) is 7.51. The van der Waals surface area contributed by atoms with Crippen LogP contribution in [0.3, 0.4) is 0 Å². The second-order valence-electron chi connectivity index (χ2n) is 4.49. The van der Waals surface area contributed by atoms with Crippen LogP contribution < -0.4 is 21.5 Å². The zero-order valence-electron chi connectivity index (χ0n) is 12.4. The zero-order valence-corrected chi connectivity index (χ0v) is 13.3. The normalized spacial score (nSPS) is 12.0. The molecule has 2 aromatic rings. The molecule has 0 saturated heterocycles. The fourth-order valence-electron chi connectivity index (χ4n) is 1.62. The fraction of sp³-hybridized carbons (Fsp3) is 0.231. The Morgan fingerprint density at radius 3 is 2.29 bits per heavy atom. The van der Waals surface area contributed by atoms with Crippen LogP contribution in [0.15, 0.2) is 29.4 Å². The van der Waals surface area contributed by atoms with Crippen molar-refractivity contribution in [2.45, 2.75) is 23.9 Å². The van der Waals surface area contributed by atoms with Crippen molar-refractivity contribution >= 4 is 35.3 Å². The molecule has 0 radical (unpaired) electrons. The minimum Gasteiger partial charge on any atom is -0.435 e. The van der Waals surface area contributed by atoms with Crippen LogP contribution in [0.1, 0.15) is 6.92 Å². The zero-order chi connectivity index (χ0) is 17.7. The van der Waals surface area contributed by atoms with Gasteiger partial charge in [-0.05, 0) is 31.2 Å². The topological polar surface area (TPSA) is 129 Å². The van der Waals surface area contributed by atoms with Gasteiger partial charge in [-0.2, -0.15) is 23.7 Å². The van der Waals surface area contributed by atoms with Crippen LogP contribution in [0.2, 0.25) is 0 Å². The van der Waals surface area contributed by atoms with Gasteiger partial charge in [-0.15, -0.1) is 0 Å². The second-order valence-corrected chi connectivity index (χ2v) is 5.79. The van der Waals surface area contributed by atoms with Crippen molar-refractivity contribution in [2.24, 2.45) is 0 Å². The van der Waals surface area contributed by atoms with E-state index in [1.165, 1.54) is 24.3 Å². The Hall–Kier alpha value is -2.69. The highest BCUT2D eigenvalue weighted by atomic mass is 32.2. The van der Waals surface area contributed by atoms with Gasteiger partial charge in [0.1, 0.15) is 5.75 Å². The maximum atomic E-state index is 12.1. The monoisotopic (exact) mass is 356 g/mol. The van der Waals surface area contributed by atoms with E-state index in [4.69, 9.17) is 11.5 Å². The number of nitrogens with two attached hydrogens (primary N) is 2.